The Morgan fingerprint density at radius 2 is 1.81 bits per heavy atom. The molecule has 0 saturated heterocycles. The largest absolute Gasteiger partial charge is 0.493 e. The zero-order chi connectivity index (χ0) is 25.4. The number of halogens is 2. The second kappa shape index (κ2) is 10.1. The maximum Gasteiger partial charge on any atom is 0.200 e. The molecule has 0 bridgehead atoms. The highest BCUT2D eigenvalue weighted by Gasteiger charge is 2.24. The van der Waals surface area contributed by atoms with Crippen LogP contribution in [0, 0.1) is 6.92 Å². The van der Waals surface area contributed by atoms with E-state index in [1.54, 1.807) is 45.4 Å². The van der Waals surface area contributed by atoms with Crippen molar-refractivity contribution in [2.45, 2.75) is 19.9 Å². The van der Waals surface area contributed by atoms with E-state index in [4.69, 9.17) is 41.8 Å². The molecule has 0 aliphatic carbocycles. The van der Waals surface area contributed by atoms with Gasteiger partial charge in [0.2, 0.25) is 5.43 Å². The summed E-state index contributed by atoms with van der Waals surface area (Å²) in [7, 11) is 3.14. The first-order chi connectivity index (χ1) is 17.4. The molecular weight excluding hydrogens is 501 g/mol. The molecule has 186 valence electrons. The van der Waals surface area contributed by atoms with E-state index in [0.29, 0.717) is 62.7 Å². The number of hydrogen-bond acceptors (Lipinski definition) is 6. The summed E-state index contributed by atoms with van der Waals surface area (Å²) in [5.74, 6) is 2.39. The minimum Gasteiger partial charge on any atom is -0.493 e. The van der Waals surface area contributed by atoms with Crippen molar-refractivity contribution >= 4 is 34.2 Å². The lowest BCUT2D eigenvalue weighted by Gasteiger charge is -2.29. The standard InChI is InChI=1S/C28H25Cl2NO5/c1-16-26(18-5-8-24(33-2)25(12-18)34-3)27(32)20-7-9-23-21(28(20)36-16)14-31(15-35-23)11-10-17-4-6-19(29)13-22(17)30/h4-9,12-13H,10-11,14-15H2,1-3H3. The number of fused-ring (bicyclic) bond motifs is 3. The zero-order valence-electron chi connectivity index (χ0n) is 20.2. The molecule has 3 aromatic carbocycles. The van der Waals surface area contributed by atoms with Crippen LogP contribution in [0.25, 0.3) is 22.1 Å². The van der Waals surface area contributed by atoms with E-state index in [2.05, 4.69) is 4.90 Å². The Labute approximate surface area is 218 Å². The minimum absolute atomic E-state index is 0.103. The third-order valence-electron chi connectivity index (χ3n) is 6.47. The van der Waals surface area contributed by atoms with Crippen LogP contribution in [0.1, 0.15) is 16.9 Å². The van der Waals surface area contributed by atoms with Crippen molar-refractivity contribution in [1.29, 1.82) is 0 Å². The topological polar surface area (TPSA) is 61.1 Å². The summed E-state index contributed by atoms with van der Waals surface area (Å²) in [5, 5.41) is 1.77. The number of hydrogen-bond donors (Lipinski definition) is 0. The van der Waals surface area contributed by atoms with Crippen molar-refractivity contribution in [3.05, 3.63) is 85.7 Å². The van der Waals surface area contributed by atoms with Crippen molar-refractivity contribution in [1.82, 2.24) is 4.90 Å². The van der Waals surface area contributed by atoms with Gasteiger partial charge < -0.3 is 18.6 Å². The SMILES string of the molecule is COc1ccc(-c2c(C)oc3c4c(ccc3c2=O)OCN(CCc2ccc(Cl)cc2Cl)C4)cc1OC. The predicted octanol–water partition coefficient (Wildman–Crippen LogP) is 6.49. The van der Waals surface area contributed by atoms with Crippen LogP contribution in [0.15, 0.2) is 57.7 Å². The first-order valence-corrected chi connectivity index (χ1v) is 12.3. The van der Waals surface area contributed by atoms with E-state index < -0.39 is 0 Å². The van der Waals surface area contributed by atoms with Crippen LogP contribution in [0.2, 0.25) is 10.0 Å². The number of aryl methyl sites for hydroxylation is 1. The van der Waals surface area contributed by atoms with Gasteiger partial charge in [-0.05, 0) is 60.9 Å². The van der Waals surface area contributed by atoms with Gasteiger partial charge >= 0.3 is 0 Å². The molecule has 0 saturated carbocycles. The third kappa shape index (κ3) is 4.52. The Morgan fingerprint density at radius 3 is 2.56 bits per heavy atom. The quantitative estimate of drug-likeness (QED) is 0.286. The van der Waals surface area contributed by atoms with Gasteiger partial charge in [0.15, 0.2) is 11.5 Å². The van der Waals surface area contributed by atoms with Crippen molar-refractivity contribution in [3.8, 4) is 28.4 Å². The molecule has 0 spiro atoms. The van der Waals surface area contributed by atoms with Gasteiger partial charge in [0.1, 0.15) is 23.8 Å². The molecule has 1 aliphatic heterocycles. The van der Waals surface area contributed by atoms with E-state index in [-0.39, 0.29) is 5.43 Å². The van der Waals surface area contributed by atoms with Crippen LogP contribution < -0.4 is 19.6 Å². The summed E-state index contributed by atoms with van der Waals surface area (Å²) in [6, 6.07) is 14.5. The van der Waals surface area contributed by atoms with E-state index in [9.17, 15) is 4.79 Å². The fourth-order valence-corrected chi connectivity index (χ4v) is 5.09. The van der Waals surface area contributed by atoms with Crippen molar-refractivity contribution in [3.63, 3.8) is 0 Å². The Kier molecular flexibility index (Phi) is 6.84. The van der Waals surface area contributed by atoms with Crippen molar-refractivity contribution in [2.24, 2.45) is 0 Å². The molecule has 36 heavy (non-hydrogen) atoms. The molecule has 1 aromatic heterocycles. The first-order valence-electron chi connectivity index (χ1n) is 11.5. The average Bonchev–Trinajstić information content (AvgIpc) is 2.88. The molecule has 8 heteroatoms. The Bertz CT molecular complexity index is 1510. The van der Waals surface area contributed by atoms with Crippen LogP contribution in [-0.4, -0.2) is 32.4 Å². The van der Waals surface area contributed by atoms with Gasteiger partial charge in [-0.25, -0.2) is 0 Å². The van der Waals surface area contributed by atoms with Crippen molar-refractivity contribution in [2.75, 3.05) is 27.5 Å². The lowest BCUT2D eigenvalue weighted by atomic mass is 10.00. The summed E-state index contributed by atoms with van der Waals surface area (Å²) >= 11 is 12.4. The number of nitrogens with zero attached hydrogens (tertiary/aromatic N) is 1. The molecule has 6 nitrogen and oxygen atoms in total. The van der Waals surface area contributed by atoms with Gasteiger partial charge in [-0.1, -0.05) is 35.3 Å². The fourth-order valence-electron chi connectivity index (χ4n) is 4.59. The Balaban J connectivity index is 1.48. The molecule has 0 radical (unpaired) electrons. The molecule has 2 heterocycles. The van der Waals surface area contributed by atoms with E-state index >= 15 is 0 Å². The number of benzene rings is 3. The summed E-state index contributed by atoms with van der Waals surface area (Å²) in [6.07, 6.45) is 0.742. The number of ether oxygens (including phenoxy) is 3. The second-order valence-electron chi connectivity index (χ2n) is 8.66. The monoisotopic (exact) mass is 525 g/mol. The fraction of sp³-hybridized carbons (Fsp3) is 0.250. The van der Waals surface area contributed by atoms with Gasteiger partial charge in [-0.3, -0.25) is 9.69 Å². The van der Waals surface area contributed by atoms with Gasteiger partial charge in [-0.15, -0.1) is 0 Å². The van der Waals surface area contributed by atoms with E-state index in [1.165, 1.54) is 0 Å². The minimum atomic E-state index is -0.103. The van der Waals surface area contributed by atoms with Crippen LogP contribution in [0.5, 0.6) is 17.2 Å². The summed E-state index contributed by atoms with van der Waals surface area (Å²) < 4.78 is 23.1. The average molecular weight is 526 g/mol. The molecule has 5 rings (SSSR count). The Hall–Kier alpha value is -3.19. The normalized spacial score (nSPS) is 13.4. The smallest absolute Gasteiger partial charge is 0.200 e. The molecule has 0 atom stereocenters. The third-order valence-corrected chi connectivity index (χ3v) is 7.05. The first kappa shape index (κ1) is 24.5. The summed E-state index contributed by atoms with van der Waals surface area (Å²) in [6.45, 7) is 3.56. The second-order valence-corrected chi connectivity index (χ2v) is 9.51. The van der Waals surface area contributed by atoms with E-state index in [1.807, 2.05) is 24.3 Å². The molecule has 0 fully saturated rings. The molecule has 0 unspecified atom stereocenters. The highest BCUT2D eigenvalue weighted by atomic mass is 35.5. The predicted molar refractivity (Wildman–Crippen MR) is 142 cm³/mol. The lowest BCUT2D eigenvalue weighted by molar-refractivity contribution is 0.0968. The molecule has 4 aromatic rings. The highest BCUT2D eigenvalue weighted by Crippen LogP contribution is 2.36. The zero-order valence-corrected chi connectivity index (χ0v) is 21.7. The van der Waals surface area contributed by atoms with Crippen LogP contribution >= 0.6 is 23.2 Å². The van der Waals surface area contributed by atoms with Crippen molar-refractivity contribution < 1.29 is 18.6 Å². The molecule has 1 aliphatic rings. The van der Waals surface area contributed by atoms with Gasteiger partial charge in [0, 0.05) is 23.1 Å². The summed E-state index contributed by atoms with van der Waals surface area (Å²) in [4.78, 5) is 15.8. The number of rotatable bonds is 6. The van der Waals surface area contributed by atoms with E-state index in [0.717, 1.165) is 29.8 Å². The lowest BCUT2D eigenvalue weighted by Crippen LogP contribution is -2.34. The molecule has 0 N–H and O–H groups in total. The van der Waals surface area contributed by atoms with Gasteiger partial charge in [-0.2, -0.15) is 0 Å². The summed E-state index contributed by atoms with van der Waals surface area (Å²) in [5.41, 5.74) is 3.53. The van der Waals surface area contributed by atoms with Crippen LogP contribution in [0.3, 0.4) is 0 Å². The Morgan fingerprint density at radius 1 is 1.00 bits per heavy atom. The molecule has 0 amide bonds. The van der Waals surface area contributed by atoms with Gasteiger partial charge in [0.05, 0.1) is 30.7 Å². The van der Waals surface area contributed by atoms with Crippen LogP contribution in [-0.2, 0) is 13.0 Å². The maximum atomic E-state index is 13.6. The molecular formula is C28H25Cl2NO5. The highest BCUT2D eigenvalue weighted by molar-refractivity contribution is 6.35. The van der Waals surface area contributed by atoms with Crippen LogP contribution in [0.4, 0.5) is 0 Å². The maximum absolute atomic E-state index is 13.6. The number of methoxy groups -OCH3 is 2. The van der Waals surface area contributed by atoms with Gasteiger partial charge in [0.25, 0.3) is 0 Å².